The molecule has 0 N–H and O–H groups in total. The molecule has 7 nitrogen and oxygen atoms in total. The summed E-state index contributed by atoms with van der Waals surface area (Å²) in [5.41, 5.74) is 2.91. The van der Waals surface area contributed by atoms with Crippen molar-refractivity contribution in [3.8, 4) is 11.4 Å². The first-order valence-corrected chi connectivity index (χ1v) is 10.4. The molecule has 0 radical (unpaired) electrons. The number of rotatable bonds is 6. The molecular weight excluding hydrogens is 408 g/mol. The summed E-state index contributed by atoms with van der Waals surface area (Å²) in [7, 11) is 1.85. The van der Waals surface area contributed by atoms with Gasteiger partial charge in [0.2, 0.25) is 5.16 Å². The van der Waals surface area contributed by atoms with E-state index < -0.39 is 0 Å². The van der Waals surface area contributed by atoms with E-state index in [4.69, 9.17) is 11.6 Å². The standard InChI is InChI=1S/C20H19ClN6OS/c1-14-18(19(28)27(25(14)2)16-9-4-3-5-10-16)26-20(22-23-24-26)29-13-12-15-8-6-7-11-17(15)21/h3-11H,12-13H2,1-2H3. The van der Waals surface area contributed by atoms with Gasteiger partial charge in [-0.1, -0.05) is 59.8 Å². The molecule has 9 heteroatoms. The number of nitrogens with zero attached hydrogens (tertiary/aromatic N) is 6. The maximum atomic E-state index is 13.2. The monoisotopic (exact) mass is 426 g/mol. The van der Waals surface area contributed by atoms with Crippen molar-refractivity contribution >= 4 is 23.4 Å². The summed E-state index contributed by atoms with van der Waals surface area (Å²) in [6, 6.07) is 17.3. The maximum absolute atomic E-state index is 13.2. The topological polar surface area (TPSA) is 70.5 Å². The van der Waals surface area contributed by atoms with Crippen molar-refractivity contribution in [2.75, 3.05) is 5.75 Å². The third-order valence-corrected chi connectivity index (χ3v) is 6.03. The molecule has 2 aromatic carbocycles. The fraction of sp³-hybridized carbons (Fsp3) is 0.200. The first-order chi connectivity index (χ1) is 14.1. The minimum atomic E-state index is -0.170. The molecule has 0 aliphatic heterocycles. The van der Waals surface area contributed by atoms with Crippen molar-refractivity contribution in [1.29, 1.82) is 0 Å². The highest BCUT2D eigenvalue weighted by Crippen LogP contribution is 2.23. The predicted molar refractivity (Wildman–Crippen MR) is 114 cm³/mol. The van der Waals surface area contributed by atoms with Crippen molar-refractivity contribution in [3.05, 3.63) is 81.2 Å². The molecule has 0 saturated heterocycles. The van der Waals surface area contributed by atoms with Gasteiger partial charge in [-0.15, -0.1) is 5.10 Å². The van der Waals surface area contributed by atoms with Crippen LogP contribution in [0.15, 0.2) is 64.5 Å². The normalized spacial score (nSPS) is 11.1. The van der Waals surface area contributed by atoms with Crippen LogP contribution in [-0.4, -0.2) is 35.3 Å². The highest BCUT2D eigenvalue weighted by molar-refractivity contribution is 7.99. The number of thioether (sulfide) groups is 1. The Hall–Kier alpha value is -2.84. The summed E-state index contributed by atoms with van der Waals surface area (Å²) in [6.07, 6.45) is 0.777. The molecule has 0 amide bonds. The first-order valence-electron chi connectivity index (χ1n) is 9.07. The zero-order valence-electron chi connectivity index (χ0n) is 16.0. The minimum absolute atomic E-state index is 0.170. The molecule has 0 saturated carbocycles. The van der Waals surface area contributed by atoms with Gasteiger partial charge in [0.25, 0.3) is 5.56 Å². The van der Waals surface area contributed by atoms with Crippen LogP contribution in [0.1, 0.15) is 11.3 Å². The fourth-order valence-electron chi connectivity index (χ4n) is 3.16. The average molecular weight is 427 g/mol. The van der Waals surface area contributed by atoms with Crippen LogP contribution in [0.5, 0.6) is 0 Å². The van der Waals surface area contributed by atoms with Gasteiger partial charge < -0.3 is 0 Å². The first kappa shape index (κ1) is 19.5. The summed E-state index contributed by atoms with van der Waals surface area (Å²) >= 11 is 7.72. The van der Waals surface area contributed by atoms with E-state index in [9.17, 15) is 4.79 Å². The summed E-state index contributed by atoms with van der Waals surface area (Å²) in [4.78, 5) is 13.2. The SMILES string of the molecule is Cc1c(-n2nnnc2SCCc2ccccc2Cl)c(=O)n(-c2ccccc2)n1C. The van der Waals surface area contributed by atoms with Crippen LogP contribution in [0.4, 0.5) is 0 Å². The second-order valence-electron chi connectivity index (χ2n) is 6.47. The van der Waals surface area contributed by atoms with Crippen LogP contribution < -0.4 is 5.56 Å². The van der Waals surface area contributed by atoms with Gasteiger partial charge in [0.05, 0.1) is 11.4 Å². The largest absolute Gasteiger partial charge is 0.297 e. The molecule has 0 unspecified atom stereocenters. The zero-order valence-corrected chi connectivity index (χ0v) is 17.6. The lowest BCUT2D eigenvalue weighted by Crippen LogP contribution is -2.22. The van der Waals surface area contributed by atoms with Crippen LogP contribution in [0.25, 0.3) is 11.4 Å². The van der Waals surface area contributed by atoms with Crippen molar-refractivity contribution < 1.29 is 0 Å². The molecule has 0 atom stereocenters. The summed E-state index contributed by atoms with van der Waals surface area (Å²) in [5, 5.41) is 13.3. The van der Waals surface area contributed by atoms with Gasteiger partial charge in [0.15, 0.2) is 5.69 Å². The number of para-hydroxylation sites is 1. The Morgan fingerprint density at radius 2 is 1.79 bits per heavy atom. The van der Waals surface area contributed by atoms with E-state index in [0.29, 0.717) is 10.8 Å². The number of halogens is 1. The Morgan fingerprint density at radius 1 is 1.07 bits per heavy atom. The van der Waals surface area contributed by atoms with Gasteiger partial charge >= 0.3 is 0 Å². The summed E-state index contributed by atoms with van der Waals surface area (Å²) < 4.78 is 4.95. The quantitative estimate of drug-likeness (QED) is 0.441. The minimum Gasteiger partial charge on any atom is -0.283 e. The van der Waals surface area contributed by atoms with Crippen molar-refractivity contribution in [2.45, 2.75) is 18.5 Å². The fourth-order valence-corrected chi connectivity index (χ4v) is 4.24. The molecule has 0 aliphatic carbocycles. The second-order valence-corrected chi connectivity index (χ2v) is 7.94. The summed E-state index contributed by atoms with van der Waals surface area (Å²) in [5.74, 6) is 0.739. The molecule has 2 heterocycles. The van der Waals surface area contributed by atoms with Crippen LogP contribution >= 0.6 is 23.4 Å². The summed E-state index contributed by atoms with van der Waals surface area (Å²) in [6.45, 7) is 1.88. The molecule has 4 rings (SSSR count). The predicted octanol–water partition coefficient (Wildman–Crippen LogP) is 3.45. The molecular formula is C20H19ClN6OS. The van der Waals surface area contributed by atoms with Crippen LogP contribution in [-0.2, 0) is 13.5 Å². The Bertz CT molecular complexity index is 1200. The van der Waals surface area contributed by atoms with E-state index in [2.05, 4.69) is 15.5 Å². The van der Waals surface area contributed by atoms with Gasteiger partial charge in [-0.2, -0.15) is 4.68 Å². The van der Waals surface area contributed by atoms with E-state index in [1.54, 1.807) is 4.68 Å². The second kappa shape index (κ2) is 8.26. The van der Waals surface area contributed by atoms with E-state index >= 15 is 0 Å². The molecule has 29 heavy (non-hydrogen) atoms. The number of aryl methyl sites for hydroxylation is 1. The Morgan fingerprint density at radius 3 is 2.55 bits per heavy atom. The maximum Gasteiger partial charge on any atom is 0.297 e. The van der Waals surface area contributed by atoms with Gasteiger partial charge in [0, 0.05) is 17.8 Å². The Kier molecular flexibility index (Phi) is 5.55. The zero-order chi connectivity index (χ0) is 20.4. The van der Waals surface area contributed by atoms with E-state index in [0.717, 1.165) is 34.1 Å². The molecule has 148 valence electrons. The van der Waals surface area contributed by atoms with Crippen LogP contribution in [0, 0.1) is 6.92 Å². The van der Waals surface area contributed by atoms with E-state index in [1.807, 2.05) is 73.3 Å². The Balaban J connectivity index is 1.63. The Labute approximate surface area is 176 Å². The van der Waals surface area contributed by atoms with Crippen molar-refractivity contribution in [2.24, 2.45) is 7.05 Å². The van der Waals surface area contributed by atoms with Crippen LogP contribution in [0.3, 0.4) is 0 Å². The molecule has 0 spiro atoms. The molecule has 4 aromatic rings. The van der Waals surface area contributed by atoms with Crippen LogP contribution in [0.2, 0.25) is 5.02 Å². The van der Waals surface area contributed by atoms with Crippen molar-refractivity contribution in [3.63, 3.8) is 0 Å². The lowest BCUT2D eigenvalue weighted by atomic mass is 10.2. The molecule has 0 bridgehead atoms. The lowest BCUT2D eigenvalue weighted by Gasteiger charge is -2.07. The smallest absolute Gasteiger partial charge is 0.283 e. The number of hydrogen-bond donors (Lipinski definition) is 0. The highest BCUT2D eigenvalue weighted by Gasteiger charge is 2.21. The molecule has 2 aromatic heterocycles. The third-order valence-electron chi connectivity index (χ3n) is 4.74. The lowest BCUT2D eigenvalue weighted by molar-refractivity contribution is 0.630. The number of aromatic nitrogens is 6. The van der Waals surface area contributed by atoms with Crippen molar-refractivity contribution in [1.82, 2.24) is 29.6 Å². The number of tetrazole rings is 1. The average Bonchev–Trinajstić information content (AvgIpc) is 3.26. The van der Waals surface area contributed by atoms with Gasteiger partial charge in [-0.05, 0) is 47.5 Å². The number of hydrogen-bond acceptors (Lipinski definition) is 5. The number of benzene rings is 2. The highest BCUT2D eigenvalue weighted by atomic mass is 35.5. The van der Waals surface area contributed by atoms with Gasteiger partial charge in [-0.3, -0.25) is 9.48 Å². The van der Waals surface area contributed by atoms with E-state index in [-0.39, 0.29) is 5.56 Å². The van der Waals surface area contributed by atoms with Gasteiger partial charge in [-0.25, -0.2) is 4.68 Å². The molecule has 0 aliphatic rings. The van der Waals surface area contributed by atoms with Gasteiger partial charge in [0.1, 0.15) is 0 Å². The third kappa shape index (κ3) is 3.73. The van der Waals surface area contributed by atoms with E-state index in [1.165, 1.54) is 16.4 Å². The molecule has 0 fully saturated rings.